The Morgan fingerprint density at radius 1 is 1.31 bits per heavy atom. The fraction of sp³-hybridized carbons (Fsp3) is 0.833. The molecule has 2 N–H and O–H groups in total. The van der Waals surface area contributed by atoms with Gasteiger partial charge in [0, 0.05) is 18.5 Å². The molecular weight excluding hydrogens is 200 g/mol. The largest absolute Gasteiger partial charge is 0.327 e. The molecule has 2 rings (SSSR count). The smallest absolute Gasteiger partial charge is 0.137 e. The number of rotatable bonds is 3. The summed E-state index contributed by atoms with van der Waals surface area (Å²) in [6, 6.07) is 0.271. The van der Waals surface area contributed by atoms with Gasteiger partial charge in [-0.2, -0.15) is 0 Å². The van der Waals surface area contributed by atoms with Gasteiger partial charge in [-0.3, -0.25) is 0 Å². The van der Waals surface area contributed by atoms with Crippen molar-refractivity contribution < 1.29 is 0 Å². The van der Waals surface area contributed by atoms with Gasteiger partial charge in [-0.15, -0.1) is 10.2 Å². The third-order valence-electron chi connectivity index (χ3n) is 3.56. The van der Waals surface area contributed by atoms with E-state index in [4.69, 9.17) is 5.73 Å². The van der Waals surface area contributed by atoms with Crippen molar-refractivity contribution in [2.75, 3.05) is 0 Å². The number of aryl methyl sites for hydroxylation is 1. The summed E-state index contributed by atoms with van der Waals surface area (Å²) in [4.78, 5) is 0. The van der Waals surface area contributed by atoms with Crippen molar-refractivity contribution >= 4 is 0 Å². The van der Waals surface area contributed by atoms with Crippen LogP contribution in [0.3, 0.4) is 0 Å². The van der Waals surface area contributed by atoms with Crippen molar-refractivity contribution in [1.29, 1.82) is 0 Å². The average molecular weight is 222 g/mol. The molecule has 1 fully saturated rings. The highest BCUT2D eigenvalue weighted by Gasteiger charge is 2.28. The normalized spacial score (nSPS) is 25.9. The number of nitrogens with zero attached hydrogens (tertiary/aromatic N) is 3. The second kappa shape index (κ2) is 4.95. The predicted octanol–water partition coefficient (Wildman–Crippen LogP) is 1.98. The molecule has 1 aromatic rings. The molecule has 4 heteroatoms. The highest BCUT2D eigenvalue weighted by atomic mass is 15.3. The van der Waals surface area contributed by atoms with E-state index in [-0.39, 0.29) is 6.04 Å². The Hall–Kier alpha value is -0.900. The molecule has 0 bridgehead atoms. The standard InChI is InChI=1S/C12H22N4/c1-3-8-16-9(2)14-15-12(16)10-6-4-5-7-11(10)13/h10-11H,3-8,13H2,1-2H3. The quantitative estimate of drug-likeness (QED) is 0.850. The van der Waals surface area contributed by atoms with Crippen LogP contribution < -0.4 is 5.73 Å². The van der Waals surface area contributed by atoms with Crippen LogP contribution in [0.2, 0.25) is 0 Å². The van der Waals surface area contributed by atoms with E-state index < -0.39 is 0 Å². The van der Waals surface area contributed by atoms with E-state index in [1.807, 2.05) is 6.92 Å². The Morgan fingerprint density at radius 3 is 2.75 bits per heavy atom. The van der Waals surface area contributed by atoms with Crippen LogP contribution in [-0.2, 0) is 6.54 Å². The van der Waals surface area contributed by atoms with Crippen LogP contribution in [0.15, 0.2) is 0 Å². The van der Waals surface area contributed by atoms with E-state index in [1.54, 1.807) is 0 Å². The number of nitrogens with two attached hydrogens (primary N) is 1. The minimum Gasteiger partial charge on any atom is -0.327 e. The van der Waals surface area contributed by atoms with Crippen molar-refractivity contribution in [3.63, 3.8) is 0 Å². The van der Waals surface area contributed by atoms with Crippen LogP contribution in [0.25, 0.3) is 0 Å². The Kier molecular flexibility index (Phi) is 3.59. The molecule has 0 aliphatic heterocycles. The lowest BCUT2D eigenvalue weighted by atomic mass is 9.84. The van der Waals surface area contributed by atoms with E-state index in [9.17, 15) is 0 Å². The fourth-order valence-electron chi connectivity index (χ4n) is 2.65. The highest BCUT2D eigenvalue weighted by molar-refractivity contribution is 5.06. The minimum atomic E-state index is 0.271. The molecular formula is C12H22N4. The Bertz CT molecular complexity index is 345. The molecule has 1 saturated carbocycles. The first-order chi connectivity index (χ1) is 7.74. The molecule has 2 unspecified atom stereocenters. The highest BCUT2D eigenvalue weighted by Crippen LogP contribution is 2.31. The summed E-state index contributed by atoms with van der Waals surface area (Å²) >= 11 is 0. The lowest BCUT2D eigenvalue weighted by Crippen LogP contribution is -2.33. The van der Waals surface area contributed by atoms with Gasteiger partial charge in [0.25, 0.3) is 0 Å². The van der Waals surface area contributed by atoms with Crippen molar-refractivity contribution in [3.05, 3.63) is 11.6 Å². The average Bonchev–Trinajstić information content (AvgIpc) is 2.62. The minimum absolute atomic E-state index is 0.271. The van der Waals surface area contributed by atoms with Crippen LogP contribution in [0.1, 0.15) is 56.6 Å². The summed E-state index contributed by atoms with van der Waals surface area (Å²) in [5.41, 5.74) is 6.20. The van der Waals surface area contributed by atoms with E-state index in [2.05, 4.69) is 21.7 Å². The zero-order valence-corrected chi connectivity index (χ0v) is 10.3. The summed E-state index contributed by atoms with van der Waals surface area (Å²) in [7, 11) is 0. The van der Waals surface area contributed by atoms with Gasteiger partial charge in [0.15, 0.2) is 0 Å². The monoisotopic (exact) mass is 222 g/mol. The van der Waals surface area contributed by atoms with E-state index in [0.717, 1.165) is 31.0 Å². The van der Waals surface area contributed by atoms with Gasteiger partial charge < -0.3 is 10.3 Å². The SMILES string of the molecule is CCCn1c(C)nnc1C1CCCCC1N. The molecule has 4 nitrogen and oxygen atoms in total. The van der Waals surface area contributed by atoms with Crippen LogP contribution in [-0.4, -0.2) is 20.8 Å². The molecule has 1 aromatic heterocycles. The van der Waals surface area contributed by atoms with Gasteiger partial charge in [-0.25, -0.2) is 0 Å². The molecule has 0 aromatic carbocycles. The van der Waals surface area contributed by atoms with Gasteiger partial charge in [0.05, 0.1) is 0 Å². The third kappa shape index (κ3) is 2.12. The molecule has 1 aliphatic carbocycles. The molecule has 2 atom stereocenters. The molecule has 1 aliphatic rings. The topological polar surface area (TPSA) is 56.7 Å². The summed E-state index contributed by atoms with van der Waals surface area (Å²) in [6.07, 6.45) is 5.95. The second-order valence-electron chi connectivity index (χ2n) is 4.81. The maximum absolute atomic E-state index is 6.20. The summed E-state index contributed by atoms with van der Waals surface area (Å²) in [5, 5.41) is 8.54. The van der Waals surface area contributed by atoms with Crippen molar-refractivity contribution in [3.8, 4) is 0 Å². The third-order valence-corrected chi connectivity index (χ3v) is 3.56. The molecule has 0 saturated heterocycles. The van der Waals surface area contributed by atoms with Gasteiger partial charge in [-0.05, 0) is 26.2 Å². The molecule has 0 radical (unpaired) electrons. The van der Waals surface area contributed by atoms with E-state index in [1.165, 1.54) is 19.3 Å². The number of aromatic nitrogens is 3. The predicted molar refractivity (Wildman–Crippen MR) is 64.2 cm³/mol. The second-order valence-corrected chi connectivity index (χ2v) is 4.81. The van der Waals surface area contributed by atoms with Crippen molar-refractivity contribution in [2.24, 2.45) is 5.73 Å². The summed E-state index contributed by atoms with van der Waals surface area (Å²) in [6.45, 7) is 5.22. The summed E-state index contributed by atoms with van der Waals surface area (Å²) in [5.74, 6) is 2.56. The molecule has 1 heterocycles. The number of hydrogen-bond acceptors (Lipinski definition) is 3. The molecule has 90 valence electrons. The Morgan fingerprint density at radius 2 is 2.06 bits per heavy atom. The zero-order chi connectivity index (χ0) is 11.5. The fourth-order valence-corrected chi connectivity index (χ4v) is 2.65. The Balaban J connectivity index is 2.24. The van der Waals surface area contributed by atoms with Gasteiger partial charge >= 0.3 is 0 Å². The zero-order valence-electron chi connectivity index (χ0n) is 10.3. The first-order valence-electron chi connectivity index (χ1n) is 6.39. The maximum atomic E-state index is 6.20. The lowest BCUT2D eigenvalue weighted by Gasteiger charge is -2.28. The van der Waals surface area contributed by atoms with Crippen molar-refractivity contribution in [1.82, 2.24) is 14.8 Å². The maximum Gasteiger partial charge on any atom is 0.137 e. The molecule has 16 heavy (non-hydrogen) atoms. The van der Waals surface area contributed by atoms with Gasteiger partial charge in [0.2, 0.25) is 0 Å². The van der Waals surface area contributed by atoms with Crippen LogP contribution in [0, 0.1) is 6.92 Å². The van der Waals surface area contributed by atoms with E-state index >= 15 is 0 Å². The van der Waals surface area contributed by atoms with Gasteiger partial charge in [-0.1, -0.05) is 19.8 Å². The van der Waals surface area contributed by atoms with Crippen molar-refractivity contribution in [2.45, 2.75) is 64.5 Å². The lowest BCUT2D eigenvalue weighted by molar-refractivity contribution is 0.362. The van der Waals surface area contributed by atoms with Crippen LogP contribution in [0.4, 0.5) is 0 Å². The first-order valence-corrected chi connectivity index (χ1v) is 6.39. The molecule has 0 amide bonds. The van der Waals surface area contributed by atoms with Crippen LogP contribution in [0.5, 0.6) is 0 Å². The number of hydrogen-bond donors (Lipinski definition) is 1. The first kappa shape index (κ1) is 11.6. The van der Waals surface area contributed by atoms with Crippen LogP contribution >= 0.6 is 0 Å². The summed E-state index contributed by atoms with van der Waals surface area (Å²) < 4.78 is 2.25. The van der Waals surface area contributed by atoms with Gasteiger partial charge in [0.1, 0.15) is 11.6 Å². The van der Waals surface area contributed by atoms with E-state index in [0.29, 0.717) is 5.92 Å². The Labute approximate surface area is 97.2 Å². The molecule has 0 spiro atoms.